The van der Waals surface area contributed by atoms with Gasteiger partial charge in [-0.3, -0.25) is 0 Å². The maximum atomic E-state index is 11.9. The van der Waals surface area contributed by atoms with Gasteiger partial charge in [0.05, 0.1) is 22.9 Å². The maximum Gasteiger partial charge on any atom is 0.336 e. The average Bonchev–Trinajstić information content (AvgIpc) is 2.54. The van der Waals surface area contributed by atoms with Crippen LogP contribution in [0.5, 0.6) is 5.75 Å². The van der Waals surface area contributed by atoms with Gasteiger partial charge < -0.3 is 9.84 Å². The van der Waals surface area contributed by atoms with Crippen LogP contribution in [0.4, 0.5) is 0 Å². The summed E-state index contributed by atoms with van der Waals surface area (Å²) in [5.74, 6) is -0.150. The van der Waals surface area contributed by atoms with Gasteiger partial charge in [-0.15, -0.1) is 0 Å². The SMILES string of the molecule is Cc1ccc2nc(-c3ccc(OC(C)C)cc3)c(C)c(C(=O)O)c2c1. The average molecular weight is 335 g/mol. The molecule has 0 spiro atoms. The molecule has 0 fully saturated rings. The molecule has 1 aromatic heterocycles. The minimum absolute atomic E-state index is 0.105. The fraction of sp³-hybridized carbons (Fsp3) is 0.238. The zero-order chi connectivity index (χ0) is 18.1. The van der Waals surface area contributed by atoms with Crippen molar-refractivity contribution in [1.82, 2.24) is 4.98 Å². The van der Waals surface area contributed by atoms with E-state index < -0.39 is 5.97 Å². The number of carboxylic acid groups (broad SMARTS) is 1. The number of hydrogen-bond donors (Lipinski definition) is 1. The van der Waals surface area contributed by atoms with Gasteiger partial charge in [0.15, 0.2) is 0 Å². The number of ether oxygens (including phenoxy) is 1. The van der Waals surface area contributed by atoms with E-state index in [9.17, 15) is 9.90 Å². The second-order valence-corrected chi connectivity index (χ2v) is 6.48. The molecule has 4 nitrogen and oxygen atoms in total. The van der Waals surface area contributed by atoms with Crippen LogP contribution in [0.15, 0.2) is 42.5 Å². The minimum Gasteiger partial charge on any atom is -0.491 e. The van der Waals surface area contributed by atoms with E-state index in [2.05, 4.69) is 0 Å². The molecule has 0 aliphatic rings. The Kier molecular flexibility index (Phi) is 4.45. The lowest BCUT2D eigenvalue weighted by Gasteiger charge is -2.14. The number of hydrogen-bond acceptors (Lipinski definition) is 3. The van der Waals surface area contributed by atoms with Crippen molar-refractivity contribution in [3.8, 4) is 17.0 Å². The Bertz CT molecular complexity index is 944. The highest BCUT2D eigenvalue weighted by Gasteiger charge is 2.18. The molecule has 3 rings (SSSR count). The van der Waals surface area contributed by atoms with Crippen LogP contribution in [0.3, 0.4) is 0 Å². The molecule has 0 unspecified atom stereocenters. The number of rotatable bonds is 4. The molecule has 0 radical (unpaired) electrons. The van der Waals surface area contributed by atoms with Crippen LogP contribution < -0.4 is 4.74 Å². The number of carbonyl (C=O) groups is 1. The zero-order valence-electron chi connectivity index (χ0n) is 14.8. The molecule has 2 aromatic carbocycles. The molecule has 25 heavy (non-hydrogen) atoms. The lowest BCUT2D eigenvalue weighted by molar-refractivity contribution is 0.0698. The second kappa shape index (κ2) is 6.55. The van der Waals surface area contributed by atoms with E-state index in [-0.39, 0.29) is 6.10 Å². The summed E-state index contributed by atoms with van der Waals surface area (Å²) in [5, 5.41) is 10.4. The molecule has 4 heteroatoms. The van der Waals surface area contributed by atoms with Crippen molar-refractivity contribution in [2.45, 2.75) is 33.8 Å². The van der Waals surface area contributed by atoms with Gasteiger partial charge in [0.25, 0.3) is 0 Å². The van der Waals surface area contributed by atoms with Crippen LogP contribution in [-0.4, -0.2) is 22.2 Å². The summed E-state index contributed by atoms with van der Waals surface area (Å²) < 4.78 is 5.67. The maximum absolute atomic E-state index is 11.9. The minimum atomic E-state index is -0.934. The van der Waals surface area contributed by atoms with Gasteiger partial charge in [-0.25, -0.2) is 9.78 Å². The van der Waals surface area contributed by atoms with Gasteiger partial charge in [-0.1, -0.05) is 11.6 Å². The van der Waals surface area contributed by atoms with E-state index in [1.54, 1.807) is 0 Å². The van der Waals surface area contributed by atoms with Crippen molar-refractivity contribution in [2.75, 3.05) is 0 Å². The molecular formula is C21H21NO3. The van der Waals surface area contributed by atoms with E-state index in [0.717, 1.165) is 16.9 Å². The first-order valence-corrected chi connectivity index (χ1v) is 8.28. The second-order valence-electron chi connectivity index (χ2n) is 6.48. The third kappa shape index (κ3) is 3.33. The first kappa shape index (κ1) is 17.0. The molecule has 0 aliphatic heterocycles. The molecule has 0 saturated heterocycles. The van der Waals surface area contributed by atoms with Crippen molar-refractivity contribution < 1.29 is 14.6 Å². The predicted octanol–water partition coefficient (Wildman–Crippen LogP) is 5.00. The number of aromatic carboxylic acids is 1. The summed E-state index contributed by atoms with van der Waals surface area (Å²) in [7, 11) is 0. The monoisotopic (exact) mass is 335 g/mol. The van der Waals surface area contributed by atoms with Gasteiger partial charge >= 0.3 is 5.97 Å². The van der Waals surface area contributed by atoms with Crippen LogP contribution >= 0.6 is 0 Å². The van der Waals surface area contributed by atoms with Crippen LogP contribution in [0.1, 0.15) is 35.3 Å². The van der Waals surface area contributed by atoms with Gasteiger partial charge in [-0.05, 0) is 69.7 Å². The first-order chi connectivity index (χ1) is 11.9. The molecule has 0 amide bonds. The molecule has 3 aromatic rings. The predicted molar refractivity (Wildman–Crippen MR) is 99.4 cm³/mol. The van der Waals surface area contributed by atoms with Gasteiger partial charge in [0.2, 0.25) is 0 Å². The summed E-state index contributed by atoms with van der Waals surface area (Å²) in [4.78, 5) is 16.6. The van der Waals surface area contributed by atoms with Crippen LogP contribution in [-0.2, 0) is 0 Å². The summed E-state index contributed by atoms with van der Waals surface area (Å²) in [5.41, 5.74) is 4.24. The summed E-state index contributed by atoms with van der Waals surface area (Å²) in [6.45, 7) is 7.71. The Morgan fingerprint density at radius 3 is 2.36 bits per heavy atom. The van der Waals surface area contributed by atoms with E-state index in [4.69, 9.17) is 9.72 Å². The molecule has 0 bridgehead atoms. The molecule has 128 valence electrons. The summed E-state index contributed by atoms with van der Waals surface area (Å²) >= 11 is 0. The van der Waals surface area contributed by atoms with Crippen molar-refractivity contribution in [1.29, 1.82) is 0 Å². The molecule has 1 heterocycles. The normalized spacial score (nSPS) is 11.1. The highest BCUT2D eigenvalue weighted by molar-refractivity contribution is 6.05. The van der Waals surface area contributed by atoms with Gasteiger partial charge in [0, 0.05) is 10.9 Å². The van der Waals surface area contributed by atoms with Crippen molar-refractivity contribution in [3.05, 3.63) is 59.2 Å². The Hall–Kier alpha value is -2.88. The molecule has 1 N–H and O–H groups in total. The fourth-order valence-corrected chi connectivity index (χ4v) is 2.99. The van der Waals surface area contributed by atoms with Crippen molar-refractivity contribution >= 4 is 16.9 Å². The van der Waals surface area contributed by atoms with Gasteiger partial charge in [0.1, 0.15) is 5.75 Å². The topological polar surface area (TPSA) is 59.4 Å². The largest absolute Gasteiger partial charge is 0.491 e. The summed E-state index contributed by atoms with van der Waals surface area (Å²) in [6, 6.07) is 13.3. The van der Waals surface area contributed by atoms with Crippen LogP contribution in [0.25, 0.3) is 22.2 Å². The summed E-state index contributed by atoms with van der Waals surface area (Å²) in [6.07, 6.45) is 0.105. The van der Waals surface area contributed by atoms with Crippen LogP contribution in [0.2, 0.25) is 0 Å². The molecular weight excluding hydrogens is 314 g/mol. The smallest absolute Gasteiger partial charge is 0.336 e. The van der Waals surface area contributed by atoms with E-state index >= 15 is 0 Å². The number of pyridine rings is 1. The lowest BCUT2D eigenvalue weighted by atomic mass is 9.97. The zero-order valence-corrected chi connectivity index (χ0v) is 14.8. The Balaban J connectivity index is 2.18. The molecule has 0 saturated carbocycles. The number of nitrogens with zero attached hydrogens (tertiary/aromatic N) is 1. The fourth-order valence-electron chi connectivity index (χ4n) is 2.99. The number of carboxylic acids is 1. The van der Waals surface area contributed by atoms with E-state index in [1.165, 1.54) is 0 Å². The third-order valence-corrected chi connectivity index (χ3v) is 4.10. The van der Waals surface area contributed by atoms with Crippen molar-refractivity contribution in [3.63, 3.8) is 0 Å². The third-order valence-electron chi connectivity index (χ3n) is 4.10. The van der Waals surface area contributed by atoms with Crippen LogP contribution in [0, 0.1) is 13.8 Å². The number of aromatic nitrogens is 1. The number of benzene rings is 2. The number of aryl methyl sites for hydroxylation is 1. The molecule has 0 atom stereocenters. The first-order valence-electron chi connectivity index (χ1n) is 8.28. The quantitative estimate of drug-likeness (QED) is 0.728. The highest BCUT2D eigenvalue weighted by atomic mass is 16.5. The highest BCUT2D eigenvalue weighted by Crippen LogP contribution is 2.31. The Morgan fingerprint density at radius 2 is 1.76 bits per heavy atom. The van der Waals surface area contributed by atoms with E-state index in [0.29, 0.717) is 27.7 Å². The molecule has 0 aliphatic carbocycles. The van der Waals surface area contributed by atoms with E-state index in [1.807, 2.05) is 70.2 Å². The lowest BCUT2D eigenvalue weighted by Crippen LogP contribution is -2.06. The Labute approximate surface area is 147 Å². The Morgan fingerprint density at radius 1 is 1.08 bits per heavy atom. The standard InChI is InChI=1S/C21H21NO3/c1-12(2)25-16-8-6-15(7-9-16)20-14(4)19(21(23)24)17-11-13(3)5-10-18(17)22-20/h5-12H,1-4H3,(H,23,24). The number of fused-ring (bicyclic) bond motifs is 1. The van der Waals surface area contributed by atoms with Gasteiger partial charge in [-0.2, -0.15) is 0 Å². The van der Waals surface area contributed by atoms with Crippen molar-refractivity contribution in [2.24, 2.45) is 0 Å².